The number of thiophene rings is 1. The SMILES string of the molecule is N#Cc1nc(-c2cc3c(s2)CCC3)oc1N. The van der Waals surface area contributed by atoms with Gasteiger partial charge in [0.2, 0.25) is 17.5 Å². The maximum atomic E-state index is 8.75. The third kappa shape index (κ3) is 1.31. The highest BCUT2D eigenvalue weighted by Crippen LogP contribution is 2.36. The minimum atomic E-state index is 0.103. The van der Waals surface area contributed by atoms with Crippen LogP contribution in [0.1, 0.15) is 22.6 Å². The van der Waals surface area contributed by atoms with Gasteiger partial charge >= 0.3 is 0 Å². The van der Waals surface area contributed by atoms with Gasteiger partial charge in [0, 0.05) is 4.88 Å². The summed E-state index contributed by atoms with van der Waals surface area (Å²) in [5.74, 6) is 0.569. The van der Waals surface area contributed by atoms with Crippen molar-refractivity contribution >= 4 is 17.2 Å². The fourth-order valence-electron chi connectivity index (χ4n) is 1.95. The molecule has 2 aromatic rings. The summed E-state index contributed by atoms with van der Waals surface area (Å²) < 4.78 is 5.28. The molecule has 0 atom stereocenters. The number of aromatic nitrogens is 1. The number of rotatable bonds is 1. The molecular weight excluding hydrogens is 222 g/mol. The van der Waals surface area contributed by atoms with E-state index in [4.69, 9.17) is 15.4 Å². The molecule has 0 bridgehead atoms. The molecule has 0 aromatic carbocycles. The van der Waals surface area contributed by atoms with Crippen molar-refractivity contribution in [2.45, 2.75) is 19.3 Å². The first-order valence-corrected chi connectivity index (χ1v) is 5.88. The zero-order valence-electron chi connectivity index (χ0n) is 8.49. The number of aryl methyl sites for hydroxylation is 2. The maximum Gasteiger partial charge on any atom is 0.240 e. The number of nitrogens with two attached hydrogens (primary N) is 1. The standard InChI is InChI=1S/C11H9N3OS/c12-5-7-10(13)15-11(14-7)9-4-6-2-1-3-8(6)16-9/h4H,1-3,13H2. The lowest BCUT2D eigenvalue weighted by Crippen LogP contribution is -1.83. The van der Waals surface area contributed by atoms with Gasteiger partial charge in [0.05, 0.1) is 4.88 Å². The molecule has 1 aliphatic carbocycles. The van der Waals surface area contributed by atoms with E-state index in [-0.39, 0.29) is 11.6 Å². The van der Waals surface area contributed by atoms with Gasteiger partial charge in [-0.2, -0.15) is 10.2 Å². The molecule has 0 radical (unpaired) electrons. The van der Waals surface area contributed by atoms with Crippen molar-refractivity contribution in [1.29, 1.82) is 5.26 Å². The third-order valence-electron chi connectivity index (χ3n) is 2.72. The number of hydrogen-bond acceptors (Lipinski definition) is 5. The van der Waals surface area contributed by atoms with Gasteiger partial charge in [-0.25, -0.2) is 0 Å². The van der Waals surface area contributed by atoms with Crippen LogP contribution >= 0.6 is 11.3 Å². The third-order valence-corrected chi connectivity index (χ3v) is 3.94. The molecule has 2 heterocycles. The zero-order valence-corrected chi connectivity index (χ0v) is 9.30. The molecule has 1 aliphatic rings. The zero-order chi connectivity index (χ0) is 11.1. The molecule has 2 aromatic heterocycles. The molecule has 0 spiro atoms. The molecule has 3 rings (SSSR count). The summed E-state index contributed by atoms with van der Waals surface area (Å²) >= 11 is 1.69. The first-order valence-electron chi connectivity index (χ1n) is 5.06. The van der Waals surface area contributed by atoms with Gasteiger partial charge in [0.15, 0.2) is 0 Å². The minimum absolute atomic E-state index is 0.103. The lowest BCUT2D eigenvalue weighted by atomic mass is 10.2. The van der Waals surface area contributed by atoms with E-state index < -0.39 is 0 Å². The largest absolute Gasteiger partial charge is 0.419 e. The van der Waals surface area contributed by atoms with Crippen LogP contribution in [0.5, 0.6) is 0 Å². The Morgan fingerprint density at radius 2 is 2.38 bits per heavy atom. The molecule has 4 nitrogen and oxygen atoms in total. The van der Waals surface area contributed by atoms with Gasteiger partial charge in [0.25, 0.3) is 0 Å². The highest BCUT2D eigenvalue weighted by Gasteiger charge is 2.19. The Kier molecular flexibility index (Phi) is 1.98. The molecule has 2 N–H and O–H groups in total. The number of oxazole rings is 1. The van der Waals surface area contributed by atoms with Gasteiger partial charge < -0.3 is 10.2 Å². The maximum absolute atomic E-state index is 8.75. The number of nitrogen functional groups attached to an aromatic ring is 1. The minimum Gasteiger partial charge on any atom is -0.419 e. The first-order chi connectivity index (χ1) is 7.78. The topological polar surface area (TPSA) is 75.8 Å². The van der Waals surface area contributed by atoms with Crippen LogP contribution in [0.3, 0.4) is 0 Å². The van der Waals surface area contributed by atoms with E-state index in [2.05, 4.69) is 11.1 Å². The van der Waals surface area contributed by atoms with Gasteiger partial charge in [0.1, 0.15) is 6.07 Å². The van der Waals surface area contributed by atoms with Crippen LogP contribution in [0.2, 0.25) is 0 Å². The quantitative estimate of drug-likeness (QED) is 0.817. The predicted molar refractivity (Wildman–Crippen MR) is 61.0 cm³/mol. The van der Waals surface area contributed by atoms with Crippen LogP contribution in [0, 0.1) is 11.3 Å². The van der Waals surface area contributed by atoms with E-state index in [0.29, 0.717) is 5.89 Å². The molecule has 5 heteroatoms. The van der Waals surface area contributed by atoms with Crippen molar-refractivity contribution in [2.24, 2.45) is 0 Å². The average molecular weight is 231 g/mol. The number of hydrogen-bond donors (Lipinski definition) is 1. The van der Waals surface area contributed by atoms with Gasteiger partial charge in [-0.3, -0.25) is 0 Å². The van der Waals surface area contributed by atoms with Crippen molar-refractivity contribution in [3.63, 3.8) is 0 Å². The molecule has 0 aliphatic heterocycles. The Labute approximate surface area is 96.3 Å². The van der Waals surface area contributed by atoms with E-state index in [1.54, 1.807) is 11.3 Å². The molecule has 0 fully saturated rings. The van der Waals surface area contributed by atoms with E-state index in [0.717, 1.165) is 17.7 Å². The van der Waals surface area contributed by atoms with Gasteiger partial charge in [-0.1, -0.05) is 0 Å². The monoisotopic (exact) mass is 231 g/mol. The van der Waals surface area contributed by atoms with Crippen LogP contribution in [0.25, 0.3) is 10.8 Å². The summed E-state index contributed by atoms with van der Waals surface area (Å²) in [5, 5.41) is 8.75. The van der Waals surface area contributed by atoms with E-state index in [9.17, 15) is 0 Å². The number of fused-ring (bicyclic) bond motifs is 1. The van der Waals surface area contributed by atoms with Crippen molar-refractivity contribution in [1.82, 2.24) is 4.98 Å². The number of anilines is 1. The summed E-state index contributed by atoms with van der Waals surface area (Å²) in [7, 11) is 0. The Morgan fingerprint density at radius 3 is 3.06 bits per heavy atom. The van der Waals surface area contributed by atoms with E-state index in [1.165, 1.54) is 16.9 Å². The van der Waals surface area contributed by atoms with E-state index >= 15 is 0 Å². The molecular formula is C11H9N3OS. The molecule has 0 saturated carbocycles. The Bertz CT molecular complexity index is 569. The van der Waals surface area contributed by atoms with Crippen molar-refractivity contribution in [3.8, 4) is 16.8 Å². The summed E-state index contributed by atoms with van der Waals surface area (Å²) in [5.41, 5.74) is 7.09. The Morgan fingerprint density at radius 1 is 1.50 bits per heavy atom. The first kappa shape index (κ1) is 9.43. The normalized spacial score (nSPS) is 13.7. The van der Waals surface area contributed by atoms with E-state index in [1.807, 2.05) is 6.07 Å². The summed E-state index contributed by atoms with van der Waals surface area (Å²) in [4.78, 5) is 6.45. The molecule has 16 heavy (non-hydrogen) atoms. The van der Waals surface area contributed by atoms with Crippen LogP contribution in [0.15, 0.2) is 10.5 Å². The smallest absolute Gasteiger partial charge is 0.240 e. The van der Waals surface area contributed by atoms with Crippen molar-refractivity contribution < 1.29 is 4.42 Å². The second-order valence-electron chi connectivity index (χ2n) is 3.76. The highest BCUT2D eigenvalue weighted by molar-refractivity contribution is 7.15. The Hall–Kier alpha value is -1.80. The van der Waals surface area contributed by atoms with Gasteiger partial charge in [-0.15, -0.1) is 11.3 Å². The highest BCUT2D eigenvalue weighted by atomic mass is 32.1. The Balaban J connectivity index is 2.05. The molecule has 0 saturated heterocycles. The lowest BCUT2D eigenvalue weighted by molar-refractivity contribution is 0.595. The summed E-state index contributed by atoms with van der Waals surface area (Å²) in [6.45, 7) is 0. The second-order valence-corrected chi connectivity index (χ2v) is 4.89. The molecule has 0 amide bonds. The molecule has 0 unspecified atom stereocenters. The van der Waals surface area contributed by atoms with Gasteiger partial charge in [-0.05, 0) is 30.9 Å². The van der Waals surface area contributed by atoms with Crippen LogP contribution in [-0.2, 0) is 12.8 Å². The number of nitrogens with zero attached hydrogens (tertiary/aromatic N) is 2. The lowest BCUT2D eigenvalue weighted by Gasteiger charge is -1.88. The predicted octanol–water partition coefficient (Wildman–Crippen LogP) is 2.35. The summed E-state index contributed by atoms with van der Waals surface area (Å²) in [6.07, 6.45) is 3.51. The van der Waals surface area contributed by atoms with Crippen molar-refractivity contribution in [3.05, 3.63) is 22.2 Å². The van der Waals surface area contributed by atoms with Crippen molar-refractivity contribution in [2.75, 3.05) is 5.73 Å². The van der Waals surface area contributed by atoms with Crippen LogP contribution in [0.4, 0.5) is 5.88 Å². The molecule has 80 valence electrons. The second kappa shape index (κ2) is 3.35. The number of nitriles is 1. The van der Waals surface area contributed by atoms with Crippen LogP contribution in [-0.4, -0.2) is 4.98 Å². The fraction of sp³-hybridized carbons (Fsp3) is 0.273. The average Bonchev–Trinajstić information content (AvgIpc) is 2.88. The fourth-order valence-corrected chi connectivity index (χ4v) is 3.13. The summed E-state index contributed by atoms with van der Waals surface area (Å²) in [6, 6.07) is 4.01. The van der Waals surface area contributed by atoms with Crippen LogP contribution < -0.4 is 5.73 Å².